The van der Waals surface area contributed by atoms with Crippen molar-refractivity contribution in [3.63, 3.8) is 0 Å². The van der Waals surface area contributed by atoms with Gasteiger partial charge in [-0.3, -0.25) is 4.79 Å². The molecule has 0 radical (unpaired) electrons. The van der Waals surface area contributed by atoms with E-state index in [-0.39, 0.29) is 0 Å². The van der Waals surface area contributed by atoms with Crippen molar-refractivity contribution in [3.05, 3.63) is 84.0 Å². The van der Waals surface area contributed by atoms with Crippen molar-refractivity contribution in [1.82, 2.24) is 14.8 Å². The van der Waals surface area contributed by atoms with Crippen molar-refractivity contribution in [2.24, 2.45) is 0 Å². The third-order valence-electron chi connectivity index (χ3n) is 4.57. The van der Waals surface area contributed by atoms with Gasteiger partial charge in [-0.1, -0.05) is 30.3 Å². The van der Waals surface area contributed by atoms with Gasteiger partial charge in [0, 0.05) is 17.1 Å². The average Bonchev–Trinajstić information content (AvgIpc) is 3.14. The molecule has 0 bridgehead atoms. The number of nitrogens with zero attached hydrogens (tertiary/aromatic N) is 3. The van der Waals surface area contributed by atoms with Gasteiger partial charge in [-0.15, -0.1) is 0 Å². The Hall–Kier alpha value is -3.65. The molecule has 1 N–H and O–H groups in total. The third kappa shape index (κ3) is 4.02. The Morgan fingerprint density at radius 3 is 2.55 bits per heavy atom. The van der Waals surface area contributed by atoms with Crippen molar-refractivity contribution < 1.29 is 18.0 Å². The topological polar surface area (TPSA) is 59.8 Å². The van der Waals surface area contributed by atoms with Gasteiger partial charge >= 0.3 is 6.18 Å². The molecule has 0 saturated carbocycles. The van der Waals surface area contributed by atoms with Crippen LogP contribution in [0.15, 0.2) is 73.4 Å². The largest absolute Gasteiger partial charge is 0.416 e. The van der Waals surface area contributed by atoms with Crippen LogP contribution < -0.4 is 5.32 Å². The summed E-state index contributed by atoms with van der Waals surface area (Å²) in [6, 6.07) is 13.2. The standard InChI is InChI=1S/C22H14ClF3N4O/c1-2-19(31)28-18-12-15(9-10-17(18)23)30-21-16(4-3-11-27-21)20(29-30)13-5-7-14(8-6-13)22(24,25)26/h2-12H,1H2,(H,28,31). The number of alkyl halides is 3. The second-order valence-corrected chi connectivity index (χ2v) is 6.97. The van der Waals surface area contributed by atoms with Crippen LogP contribution in [0.2, 0.25) is 5.02 Å². The molecule has 2 aromatic carbocycles. The lowest BCUT2D eigenvalue weighted by atomic mass is 10.1. The predicted octanol–water partition coefficient (Wildman–Crippen LogP) is 5.88. The molecule has 0 atom stereocenters. The number of aromatic nitrogens is 3. The van der Waals surface area contributed by atoms with Crippen LogP contribution in [0.5, 0.6) is 0 Å². The van der Waals surface area contributed by atoms with Gasteiger partial charge in [0.2, 0.25) is 5.91 Å². The average molecular weight is 443 g/mol. The van der Waals surface area contributed by atoms with Gasteiger partial charge in [0.05, 0.1) is 22.0 Å². The number of halogens is 4. The van der Waals surface area contributed by atoms with E-state index in [2.05, 4.69) is 22.0 Å². The maximum Gasteiger partial charge on any atom is 0.416 e. The predicted molar refractivity (Wildman–Crippen MR) is 113 cm³/mol. The summed E-state index contributed by atoms with van der Waals surface area (Å²) in [5, 5.41) is 8.19. The van der Waals surface area contributed by atoms with Crippen LogP contribution in [-0.4, -0.2) is 20.7 Å². The number of rotatable bonds is 4. The Labute approximate surface area is 179 Å². The van der Waals surface area contributed by atoms with E-state index in [1.807, 2.05) is 0 Å². The van der Waals surface area contributed by atoms with Gasteiger partial charge in [0.15, 0.2) is 5.65 Å². The van der Waals surface area contributed by atoms with Gasteiger partial charge in [-0.2, -0.15) is 18.3 Å². The molecule has 156 valence electrons. The molecule has 1 amide bonds. The van der Waals surface area contributed by atoms with E-state index < -0.39 is 17.6 Å². The highest BCUT2D eigenvalue weighted by atomic mass is 35.5. The highest BCUT2D eigenvalue weighted by Crippen LogP contribution is 2.34. The third-order valence-corrected chi connectivity index (χ3v) is 4.90. The molecule has 0 aliphatic heterocycles. The molecule has 0 aliphatic rings. The second kappa shape index (κ2) is 7.88. The highest BCUT2D eigenvalue weighted by molar-refractivity contribution is 6.33. The molecule has 9 heteroatoms. The van der Waals surface area contributed by atoms with Crippen molar-refractivity contribution in [2.45, 2.75) is 6.18 Å². The van der Waals surface area contributed by atoms with Crippen LogP contribution in [-0.2, 0) is 11.0 Å². The number of amides is 1. The zero-order valence-corrected chi connectivity index (χ0v) is 16.6. The summed E-state index contributed by atoms with van der Waals surface area (Å²) < 4.78 is 40.3. The first-order valence-electron chi connectivity index (χ1n) is 9.02. The number of anilines is 1. The van der Waals surface area contributed by atoms with Gasteiger partial charge in [0.1, 0.15) is 5.69 Å². The Balaban J connectivity index is 1.84. The maximum atomic E-state index is 12.9. The smallest absolute Gasteiger partial charge is 0.321 e. The molecule has 31 heavy (non-hydrogen) atoms. The molecule has 5 nitrogen and oxygen atoms in total. The number of carbonyl (C=O) groups is 1. The highest BCUT2D eigenvalue weighted by Gasteiger charge is 2.30. The van der Waals surface area contributed by atoms with Gasteiger partial charge < -0.3 is 5.32 Å². The number of pyridine rings is 1. The summed E-state index contributed by atoms with van der Waals surface area (Å²) in [6.45, 7) is 3.41. The number of fused-ring (bicyclic) bond motifs is 1. The number of hydrogen-bond donors (Lipinski definition) is 1. The fourth-order valence-electron chi connectivity index (χ4n) is 3.09. The molecule has 0 aliphatic carbocycles. The van der Waals surface area contributed by atoms with Crippen LogP contribution in [0.25, 0.3) is 28.0 Å². The Morgan fingerprint density at radius 2 is 1.87 bits per heavy atom. The van der Waals surface area contributed by atoms with Gasteiger partial charge in [-0.25, -0.2) is 9.67 Å². The lowest BCUT2D eigenvalue weighted by Gasteiger charge is -2.09. The quantitative estimate of drug-likeness (QED) is 0.401. The summed E-state index contributed by atoms with van der Waals surface area (Å²) in [6.07, 6.45) is -1.71. The molecule has 0 unspecified atom stereocenters. The maximum absolute atomic E-state index is 12.9. The SMILES string of the molecule is C=CC(=O)Nc1cc(-n2nc(-c3ccc(C(F)(F)F)cc3)c3cccnc32)ccc1Cl. The Kier molecular flexibility index (Phi) is 5.24. The van der Waals surface area contributed by atoms with Crippen molar-refractivity contribution in [1.29, 1.82) is 0 Å². The molecule has 2 aromatic heterocycles. The van der Waals surface area contributed by atoms with E-state index >= 15 is 0 Å². The van der Waals surface area contributed by atoms with Crippen molar-refractivity contribution >= 4 is 34.2 Å². The summed E-state index contributed by atoms with van der Waals surface area (Å²) in [5.74, 6) is -0.423. The van der Waals surface area contributed by atoms with E-state index in [9.17, 15) is 18.0 Å². The summed E-state index contributed by atoms with van der Waals surface area (Å²) in [4.78, 5) is 16.1. The molecule has 4 rings (SSSR count). The molecule has 4 aromatic rings. The van der Waals surface area contributed by atoms with Crippen molar-refractivity contribution in [3.8, 4) is 16.9 Å². The van der Waals surface area contributed by atoms with E-state index in [1.54, 1.807) is 41.2 Å². The first kappa shape index (κ1) is 20.6. The van der Waals surface area contributed by atoms with E-state index in [1.165, 1.54) is 12.1 Å². The fraction of sp³-hybridized carbons (Fsp3) is 0.0455. The van der Waals surface area contributed by atoms with E-state index in [0.717, 1.165) is 18.2 Å². The zero-order chi connectivity index (χ0) is 22.2. The first-order chi connectivity index (χ1) is 14.8. The lowest BCUT2D eigenvalue weighted by Crippen LogP contribution is -2.08. The number of carbonyl (C=O) groups excluding carboxylic acids is 1. The second-order valence-electron chi connectivity index (χ2n) is 6.57. The summed E-state index contributed by atoms with van der Waals surface area (Å²) in [5.41, 5.74) is 1.67. The van der Waals surface area contributed by atoms with Crippen LogP contribution in [0.4, 0.5) is 18.9 Å². The van der Waals surface area contributed by atoms with Crippen LogP contribution in [0, 0.1) is 0 Å². The normalized spacial score (nSPS) is 11.5. The first-order valence-corrected chi connectivity index (χ1v) is 9.40. The van der Waals surface area contributed by atoms with E-state index in [0.29, 0.717) is 38.7 Å². The van der Waals surface area contributed by atoms with Crippen LogP contribution >= 0.6 is 11.6 Å². The van der Waals surface area contributed by atoms with Gasteiger partial charge in [0.25, 0.3) is 0 Å². The monoisotopic (exact) mass is 442 g/mol. The summed E-state index contributed by atoms with van der Waals surface area (Å²) in [7, 11) is 0. The van der Waals surface area contributed by atoms with Gasteiger partial charge in [-0.05, 0) is 48.5 Å². The van der Waals surface area contributed by atoms with Crippen LogP contribution in [0.3, 0.4) is 0 Å². The molecule has 0 fully saturated rings. The molecular formula is C22H14ClF3N4O. The number of benzene rings is 2. The molecule has 2 heterocycles. The molecule has 0 spiro atoms. The van der Waals surface area contributed by atoms with Crippen molar-refractivity contribution in [2.75, 3.05) is 5.32 Å². The minimum absolute atomic E-state index is 0.325. The number of hydrogen-bond acceptors (Lipinski definition) is 3. The Bertz CT molecular complexity index is 1300. The summed E-state index contributed by atoms with van der Waals surface area (Å²) >= 11 is 6.17. The fourth-order valence-corrected chi connectivity index (χ4v) is 3.25. The lowest BCUT2D eigenvalue weighted by molar-refractivity contribution is -0.137. The minimum atomic E-state index is -4.42. The Morgan fingerprint density at radius 1 is 1.13 bits per heavy atom. The minimum Gasteiger partial charge on any atom is -0.321 e. The molecule has 0 saturated heterocycles. The molecular weight excluding hydrogens is 429 g/mol. The zero-order valence-electron chi connectivity index (χ0n) is 15.8. The number of nitrogens with one attached hydrogen (secondary N) is 1. The van der Waals surface area contributed by atoms with E-state index in [4.69, 9.17) is 11.6 Å². The van der Waals surface area contributed by atoms with Crippen LogP contribution in [0.1, 0.15) is 5.56 Å².